The van der Waals surface area contributed by atoms with E-state index < -0.39 is 15.8 Å². The Morgan fingerprint density at radius 1 is 1.00 bits per heavy atom. The zero-order valence-corrected chi connectivity index (χ0v) is 11.8. The lowest BCUT2D eigenvalue weighted by Gasteiger charge is -2.09. The number of benzene rings is 2. The van der Waals surface area contributed by atoms with Crippen molar-refractivity contribution in [2.24, 2.45) is 0 Å². The van der Waals surface area contributed by atoms with Crippen molar-refractivity contribution in [1.29, 1.82) is 0 Å². The molecule has 0 radical (unpaired) electrons. The van der Waals surface area contributed by atoms with E-state index in [9.17, 15) is 13.2 Å². The highest BCUT2D eigenvalue weighted by Crippen LogP contribution is 2.24. The van der Waals surface area contributed by atoms with E-state index in [0.717, 1.165) is 0 Å². The summed E-state index contributed by atoms with van der Waals surface area (Å²) in [5, 5.41) is 0. The van der Waals surface area contributed by atoms with Crippen LogP contribution in [0.3, 0.4) is 0 Å². The Hall–Kier alpha value is -2.14. The average molecular weight is 290 g/mol. The highest BCUT2D eigenvalue weighted by atomic mass is 32.2. The second-order valence-electron chi connectivity index (χ2n) is 4.03. The molecule has 5 heteroatoms. The molecule has 0 fully saturated rings. The molecule has 0 saturated carbocycles. The molecule has 4 nitrogen and oxygen atoms in total. The maximum atomic E-state index is 12.6. The van der Waals surface area contributed by atoms with Crippen LogP contribution >= 0.6 is 0 Å². The summed E-state index contributed by atoms with van der Waals surface area (Å²) >= 11 is 0. The monoisotopic (exact) mass is 290 g/mol. The molecule has 2 rings (SSSR count). The minimum Gasteiger partial charge on any atom is -0.462 e. The fraction of sp³-hybridized carbons (Fsp3) is 0.133. The predicted octanol–water partition coefficient (Wildman–Crippen LogP) is 2.70. The van der Waals surface area contributed by atoms with Gasteiger partial charge in [0.05, 0.1) is 22.0 Å². The molecule has 0 aliphatic carbocycles. The van der Waals surface area contributed by atoms with E-state index in [1.165, 1.54) is 24.3 Å². The van der Waals surface area contributed by atoms with E-state index in [2.05, 4.69) is 0 Å². The molecule has 0 spiro atoms. The third-order valence-electron chi connectivity index (χ3n) is 2.73. The molecule has 2 aromatic rings. The van der Waals surface area contributed by atoms with Crippen molar-refractivity contribution in [2.45, 2.75) is 16.7 Å². The summed E-state index contributed by atoms with van der Waals surface area (Å²) in [6.07, 6.45) is 0. The van der Waals surface area contributed by atoms with E-state index in [-0.39, 0.29) is 22.0 Å². The lowest BCUT2D eigenvalue weighted by Crippen LogP contribution is -2.12. The molecule has 20 heavy (non-hydrogen) atoms. The van der Waals surface area contributed by atoms with Gasteiger partial charge in [-0.05, 0) is 31.2 Å². The first-order valence-electron chi connectivity index (χ1n) is 6.13. The number of sulfone groups is 1. The first-order valence-corrected chi connectivity index (χ1v) is 7.62. The Morgan fingerprint density at radius 2 is 1.60 bits per heavy atom. The van der Waals surface area contributed by atoms with Gasteiger partial charge in [0.15, 0.2) is 0 Å². The summed E-state index contributed by atoms with van der Waals surface area (Å²) in [5.74, 6) is -0.636. The van der Waals surface area contributed by atoms with Crippen LogP contribution < -0.4 is 0 Å². The van der Waals surface area contributed by atoms with Crippen molar-refractivity contribution in [3.8, 4) is 0 Å². The maximum absolute atomic E-state index is 12.6. The molecule has 0 bridgehead atoms. The smallest absolute Gasteiger partial charge is 0.339 e. The lowest BCUT2D eigenvalue weighted by molar-refractivity contribution is 0.0522. The van der Waals surface area contributed by atoms with Crippen LogP contribution in [0.25, 0.3) is 0 Å². The minimum atomic E-state index is -3.73. The third-order valence-corrected chi connectivity index (χ3v) is 4.55. The van der Waals surface area contributed by atoms with Gasteiger partial charge in [-0.3, -0.25) is 0 Å². The van der Waals surface area contributed by atoms with Crippen molar-refractivity contribution in [2.75, 3.05) is 6.61 Å². The highest BCUT2D eigenvalue weighted by Gasteiger charge is 2.24. The van der Waals surface area contributed by atoms with Gasteiger partial charge < -0.3 is 4.74 Å². The Bertz CT molecular complexity index is 706. The SMILES string of the molecule is CCOC(=O)c1ccccc1S(=O)(=O)c1ccccc1. The number of carbonyl (C=O) groups is 1. The van der Waals surface area contributed by atoms with Crippen LogP contribution in [0, 0.1) is 0 Å². The number of ether oxygens (including phenoxy) is 1. The first kappa shape index (κ1) is 14.3. The summed E-state index contributed by atoms with van der Waals surface area (Å²) in [6.45, 7) is 1.87. The molecule has 2 aromatic carbocycles. The van der Waals surface area contributed by atoms with Gasteiger partial charge in [0.1, 0.15) is 0 Å². The van der Waals surface area contributed by atoms with Gasteiger partial charge in [-0.2, -0.15) is 0 Å². The van der Waals surface area contributed by atoms with Crippen molar-refractivity contribution in [3.05, 3.63) is 60.2 Å². The van der Waals surface area contributed by atoms with Crippen LogP contribution in [0.1, 0.15) is 17.3 Å². The van der Waals surface area contributed by atoms with Gasteiger partial charge in [-0.15, -0.1) is 0 Å². The second-order valence-corrected chi connectivity index (χ2v) is 5.95. The molecule has 104 valence electrons. The summed E-state index contributed by atoms with van der Waals surface area (Å²) in [7, 11) is -3.73. The van der Waals surface area contributed by atoms with Crippen LogP contribution in [-0.4, -0.2) is 21.0 Å². The Kier molecular flexibility index (Phi) is 4.20. The minimum absolute atomic E-state index is 0.0374. The quantitative estimate of drug-likeness (QED) is 0.812. The van der Waals surface area contributed by atoms with Gasteiger partial charge in [-0.1, -0.05) is 30.3 Å². The zero-order valence-electron chi connectivity index (χ0n) is 10.9. The van der Waals surface area contributed by atoms with Crippen LogP contribution in [0.2, 0.25) is 0 Å². The molecular weight excluding hydrogens is 276 g/mol. The summed E-state index contributed by atoms with van der Waals surface area (Å²) in [4.78, 5) is 12.0. The van der Waals surface area contributed by atoms with Crippen molar-refractivity contribution >= 4 is 15.8 Å². The lowest BCUT2D eigenvalue weighted by atomic mass is 10.2. The van der Waals surface area contributed by atoms with Crippen LogP contribution in [0.15, 0.2) is 64.4 Å². The topological polar surface area (TPSA) is 60.4 Å². The van der Waals surface area contributed by atoms with E-state index in [1.807, 2.05) is 0 Å². The Labute approximate surface area is 117 Å². The van der Waals surface area contributed by atoms with E-state index in [0.29, 0.717) is 0 Å². The van der Waals surface area contributed by atoms with Crippen molar-refractivity contribution in [1.82, 2.24) is 0 Å². The molecule has 0 amide bonds. The summed E-state index contributed by atoms with van der Waals surface area (Å²) in [6, 6.07) is 14.1. The normalized spacial score (nSPS) is 11.1. The van der Waals surface area contributed by atoms with Gasteiger partial charge in [0, 0.05) is 0 Å². The fourth-order valence-electron chi connectivity index (χ4n) is 1.81. The van der Waals surface area contributed by atoms with Crippen molar-refractivity contribution in [3.63, 3.8) is 0 Å². The molecular formula is C15H14O4S. The van der Waals surface area contributed by atoms with E-state index in [4.69, 9.17) is 4.74 Å². The first-order chi connectivity index (χ1) is 9.57. The number of hydrogen-bond donors (Lipinski definition) is 0. The molecule has 0 N–H and O–H groups in total. The second kappa shape index (κ2) is 5.88. The van der Waals surface area contributed by atoms with Gasteiger partial charge in [0.25, 0.3) is 0 Å². The van der Waals surface area contributed by atoms with Crippen LogP contribution in [0.5, 0.6) is 0 Å². The van der Waals surface area contributed by atoms with Crippen LogP contribution in [0.4, 0.5) is 0 Å². The fourth-order valence-corrected chi connectivity index (χ4v) is 3.27. The largest absolute Gasteiger partial charge is 0.462 e. The molecule has 0 heterocycles. The molecule has 0 aliphatic heterocycles. The van der Waals surface area contributed by atoms with Gasteiger partial charge >= 0.3 is 5.97 Å². The van der Waals surface area contributed by atoms with Crippen LogP contribution in [-0.2, 0) is 14.6 Å². The maximum Gasteiger partial charge on any atom is 0.339 e. The third kappa shape index (κ3) is 2.72. The summed E-state index contributed by atoms with van der Waals surface area (Å²) < 4.78 is 30.0. The number of carbonyl (C=O) groups excluding carboxylic acids is 1. The molecule has 0 saturated heterocycles. The summed E-state index contributed by atoms with van der Waals surface area (Å²) in [5.41, 5.74) is 0.0539. The van der Waals surface area contributed by atoms with E-state index >= 15 is 0 Å². The predicted molar refractivity (Wildman–Crippen MR) is 74.3 cm³/mol. The van der Waals surface area contributed by atoms with Gasteiger partial charge in [-0.25, -0.2) is 13.2 Å². The molecule has 0 unspecified atom stereocenters. The standard InChI is InChI=1S/C15H14O4S/c1-2-19-15(16)13-10-6-7-11-14(13)20(17,18)12-8-4-3-5-9-12/h3-11H,2H2,1H3. The Morgan fingerprint density at radius 3 is 2.25 bits per heavy atom. The molecule has 0 atom stereocenters. The van der Waals surface area contributed by atoms with E-state index in [1.54, 1.807) is 37.3 Å². The number of rotatable bonds is 4. The molecule has 0 aliphatic rings. The molecule has 0 aromatic heterocycles. The average Bonchev–Trinajstić information content (AvgIpc) is 2.48. The highest BCUT2D eigenvalue weighted by molar-refractivity contribution is 7.91. The van der Waals surface area contributed by atoms with Gasteiger partial charge in [0.2, 0.25) is 9.84 Å². The number of esters is 1. The zero-order chi connectivity index (χ0) is 14.6. The van der Waals surface area contributed by atoms with Crippen molar-refractivity contribution < 1.29 is 17.9 Å². The Balaban J connectivity index is 2.56. The number of hydrogen-bond acceptors (Lipinski definition) is 4.